The molecule has 2 atom stereocenters. The van der Waals surface area contributed by atoms with Gasteiger partial charge in [0.2, 0.25) is 5.95 Å². The number of nitrogens with zero attached hydrogens (tertiary/aromatic N) is 5. The first-order chi connectivity index (χ1) is 11.5. The Kier molecular flexibility index (Phi) is 5.58. The zero-order chi connectivity index (χ0) is 17.9. The van der Waals surface area contributed by atoms with E-state index in [1.807, 2.05) is 20.8 Å². The minimum Gasteiger partial charge on any atom is -0.453 e. The summed E-state index contributed by atoms with van der Waals surface area (Å²) in [6.07, 6.45) is 1.44. The zero-order valence-electron chi connectivity index (χ0n) is 15.2. The number of aryl methyl sites for hydroxylation is 1. The first-order valence-electron chi connectivity index (χ1n) is 8.30. The molecule has 1 fully saturated rings. The number of piperazine rings is 1. The van der Waals surface area contributed by atoms with E-state index in [0.29, 0.717) is 19.0 Å². The van der Waals surface area contributed by atoms with Crippen molar-refractivity contribution in [2.24, 2.45) is 0 Å². The Labute approximate surface area is 142 Å². The number of hydrogen-bond acceptors (Lipinski definition) is 6. The molecule has 1 aliphatic heterocycles. The second-order valence-corrected chi connectivity index (χ2v) is 5.73. The molecule has 0 saturated carbocycles. The highest BCUT2D eigenvalue weighted by molar-refractivity contribution is 5.77. The van der Waals surface area contributed by atoms with Gasteiger partial charge in [-0.2, -0.15) is 5.10 Å². The topological polar surface area (TPSA) is 87.2 Å². The monoisotopic (exact) mass is 334 g/mol. The van der Waals surface area contributed by atoms with Crippen LogP contribution in [0.4, 0.5) is 10.7 Å². The van der Waals surface area contributed by atoms with Gasteiger partial charge in [0, 0.05) is 25.2 Å². The van der Waals surface area contributed by atoms with Crippen LogP contribution in [0.15, 0.2) is 6.20 Å². The van der Waals surface area contributed by atoms with E-state index in [1.54, 1.807) is 11.1 Å². The Morgan fingerprint density at radius 2 is 1.92 bits per heavy atom. The number of aromatic nitrogens is 4. The summed E-state index contributed by atoms with van der Waals surface area (Å²) < 4.78 is 4.82. The molecule has 2 unspecified atom stereocenters. The Bertz CT molecular complexity index is 689. The fourth-order valence-corrected chi connectivity index (χ4v) is 3.04. The zero-order valence-corrected chi connectivity index (χ0v) is 15.2. The van der Waals surface area contributed by atoms with Crippen molar-refractivity contribution < 1.29 is 9.53 Å². The smallest absolute Gasteiger partial charge is 0.409 e. The molecule has 0 spiro atoms. The van der Waals surface area contributed by atoms with Crippen LogP contribution in [0, 0.1) is 6.92 Å². The number of rotatable bonds is 1. The molecule has 2 aromatic rings. The highest BCUT2D eigenvalue weighted by Gasteiger charge is 2.34. The van der Waals surface area contributed by atoms with Gasteiger partial charge in [-0.05, 0) is 20.8 Å². The molecule has 1 amide bonds. The first-order valence-corrected chi connectivity index (χ1v) is 8.30. The quantitative estimate of drug-likeness (QED) is 0.861. The Hall–Kier alpha value is -2.38. The van der Waals surface area contributed by atoms with Crippen molar-refractivity contribution in [3.8, 4) is 0 Å². The molecular weight excluding hydrogens is 308 g/mol. The van der Waals surface area contributed by atoms with E-state index in [-0.39, 0.29) is 18.2 Å². The van der Waals surface area contributed by atoms with Crippen LogP contribution in [0.3, 0.4) is 0 Å². The number of aromatic amines is 1. The summed E-state index contributed by atoms with van der Waals surface area (Å²) in [5.41, 5.74) is 2.52. The van der Waals surface area contributed by atoms with Crippen LogP contribution in [0.5, 0.6) is 0 Å². The van der Waals surface area contributed by atoms with Gasteiger partial charge < -0.3 is 14.5 Å². The summed E-state index contributed by atoms with van der Waals surface area (Å²) in [5, 5.41) is 7.07. The number of nitrogens with one attached hydrogen (secondary N) is 1. The summed E-state index contributed by atoms with van der Waals surface area (Å²) >= 11 is 0. The third-order valence-electron chi connectivity index (χ3n) is 4.04. The van der Waals surface area contributed by atoms with Crippen molar-refractivity contribution in [2.75, 3.05) is 25.1 Å². The highest BCUT2D eigenvalue weighted by atomic mass is 16.5. The molecule has 8 heteroatoms. The van der Waals surface area contributed by atoms with E-state index in [2.05, 4.69) is 38.9 Å². The van der Waals surface area contributed by atoms with Gasteiger partial charge in [0.05, 0.1) is 19.0 Å². The van der Waals surface area contributed by atoms with Gasteiger partial charge in [-0.15, -0.1) is 0 Å². The molecule has 0 aromatic carbocycles. The van der Waals surface area contributed by atoms with Crippen LogP contribution in [0.1, 0.15) is 33.4 Å². The van der Waals surface area contributed by atoms with Crippen molar-refractivity contribution in [3.05, 3.63) is 11.9 Å². The molecule has 0 bridgehead atoms. The van der Waals surface area contributed by atoms with Gasteiger partial charge in [0.15, 0.2) is 0 Å². The minimum absolute atomic E-state index is 0.104. The molecule has 8 nitrogen and oxygen atoms in total. The lowest BCUT2D eigenvalue weighted by molar-refractivity contribution is 0.109. The average molecular weight is 334 g/mol. The SMILES string of the molecule is CC.COC(=O)N1CC(C)N(c2ncc3n[nH]c(C)c3n2)C(C)C1. The highest BCUT2D eigenvalue weighted by Crippen LogP contribution is 2.23. The number of ether oxygens (including phenoxy) is 1. The molecule has 24 heavy (non-hydrogen) atoms. The lowest BCUT2D eigenvalue weighted by Crippen LogP contribution is -2.58. The van der Waals surface area contributed by atoms with Gasteiger partial charge >= 0.3 is 6.09 Å². The average Bonchev–Trinajstić information content (AvgIpc) is 2.96. The van der Waals surface area contributed by atoms with Crippen molar-refractivity contribution >= 4 is 23.1 Å². The number of anilines is 1. The molecule has 3 heterocycles. The molecule has 1 saturated heterocycles. The molecule has 1 N–H and O–H groups in total. The lowest BCUT2D eigenvalue weighted by atomic mass is 10.1. The van der Waals surface area contributed by atoms with E-state index in [0.717, 1.165) is 16.7 Å². The molecule has 132 valence electrons. The summed E-state index contributed by atoms with van der Waals surface area (Å²) in [4.78, 5) is 24.7. The van der Waals surface area contributed by atoms with Crippen LogP contribution >= 0.6 is 0 Å². The van der Waals surface area contributed by atoms with E-state index in [4.69, 9.17) is 4.74 Å². The van der Waals surface area contributed by atoms with Crippen LogP contribution < -0.4 is 4.90 Å². The number of amides is 1. The van der Waals surface area contributed by atoms with E-state index < -0.39 is 0 Å². The van der Waals surface area contributed by atoms with Crippen LogP contribution in [0.2, 0.25) is 0 Å². The second-order valence-electron chi connectivity index (χ2n) is 5.73. The molecular formula is C16H26N6O2. The maximum absolute atomic E-state index is 11.7. The summed E-state index contributed by atoms with van der Waals surface area (Å²) in [7, 11) is 1.41. The van der Waals surface area contributed by atoms with Crippen LogP contribution in [-0.4, -0.2) is 63.4 Å². The van der Waals surface area contributed by atoms with Crippen molar-refractivity contribution in [1.29, 1.82) is 0 Å². The van der Waals surface area contributed by atoms with E-state index in [1.165, 1.54) is 7.11 Å². The van der Waals surface area contributed by atoms with Gasteiger partial charge in [-0.25, -0.2) is 14.8 Å². The predicted octanol–water partition coefficient (Wildman–Crippen LogP) is 2.35. The summed E-state index contributed by atoms with van der Waals surface area (Å²) in [6.45, 7) is 11.2. The fourth-order valence-electron chi connectivity index (χ4n) is 3.04. The lowest BCUT2D eigenvalue weighted by Gasteiger charge is -2.43. The number of hydrogen-bond donors (Lipinski definition) is 1. The molecule has 2 aromatic heterocycles. The maximum Gasteiger partial charge on any atom is 0.409 e. The number of H-pyrrole nitrogens is 1. The first kappa shape index (κ1) is 18.0. The standard InChI is InChI=1S/C14H20N6O2.C2H6/c1-8-6-19(14(21)22-4)7-9(2)20(8)13-15-5-11-12(16-13)10(3)17-18-11;1-2/h5,8-9H,6-7H2,1-4H3,(H,17,18);1-2H3. The third kappa shape index (κ3) is 3.27. The second kappa shape index (κ2) is 7.46. The van der Waals surface area contributed by atoms with E-state index >= 15 is 0 Å². The summed E-state index contributed by atoms with van der Waals surface area (Å²) in [6, 6.07) is 0.208. The number of methoxy groups -OCH3 is 1. The normalized spacial score (nSPS) is 20.6. The minimum atomic E-state index is -0.291. The van der Waals surface area contributed by atoms with Gasteiger partial charge in [0.1, 0.15) is 11.0 Å². The molecule has 1 aliphatic rings. The molecule has 0 radical (unpaired) electrons. The predicted molar refractivity (Wildman–Crippen MR) is 93.1 cm³/mol. The molecule has 0 aliphatic carbocycles. The number of fused-ring (bicyclic) bond motifs is 1. The van der Waals surface area contributed by atoms with Crippen molar-refractivity contribution in [2.45, 2.75) is 46.7 Å². The largest absolute Gasteiger partial charge is 0.453 e. The van der Waals surface area contributed by atoms with E-state index in [9.17, 15) is 4.79 Å². The Balaban J connectivity index is 0.00000100. The van der Waals surface area contributed by atoms with Gasteiger partial charge in [-0.1, -0.05) is 13.8 Å². The summed E-state index contributed by atoms with van der Waals surface area (Å²) in [5.74, 6) is 0.668. The van der Waals surface area contributed by atoms with Crippen LogP contribution in [-0.2, 0) is 4.74 Å². The van der Waals surface area contributed by atoms with Gasteiger partial charge in [-0.3, -0.25) is 5.10 Å². The Morgan fingerprint density at radius 3 is 2.50 bits per heavy atom. The third-order valence-corrected chi connectivity index (χ3v) is 4.04. The number of carbonyl (C=O) groups excluding carboxylic acids is 1. The number of carbonyl (C=O) groups is 1. The van der Waals surface area contributed by atoms with Gasteiger partial charge in [0.25, 0.3) is 0 Å². The maximum atomic E-state index is 11.7. The van der Waals surface area contributed by atoms with Crippen molar-refractivity contribution in [1.82, 2.24) is 25.1 Å². The molecule has 3 rings (SSSR count). The van der Waals surface area contributed by atoms with Crippen molar-refractivity contribution in [3.63, 3.8) is 0 Å². The Morgan fingerprint density at radius 1 is 1.29 bits per heavy atom. The van der Waals surface area contributed by atoms with Crippen LogP contribution in [0.25, 0.3) is 11.0 Å². The fraction of sp³-hybridized carbons (Fsp3) is 0.625.